The van der Waals surface area contributed by atoms with Gasteiger partial charge in [-0.3, -0.25) is 0 Å². The summed E-state index contributed by atoms with van der Waals surface area (Å²) in [6.07, 6.45) is 3.57. The van der Waals surface area contributed by atoms with Gasteiger partial charge >= 0.3 is 172 Å². The number of benzene rings is 3. The molecule has 3 rings (SSSR count). The van der Waals surface area contributed by atoms with E-state index in [9.17, 15) is 0 Å². The van der Waals surface area contributed by atoms with Crippen LogP contribution in [0.25, 0.3) is 6.08 Å². The number of hydrogen-bond acceptors (Lipinski definition) is 0. The third-order valence-electron chi connectivity index (χ3n) is 3.55. The average Bonchev–Trinajstić information content (AvgIpc) is 2.65. The van der Waals surface area contributed by atoms with Crippen LogP contribution in [0.4, 0.5) is 0 Å². The van der Waals surface area contributed by atoms with Crippen molar-refractivity contribution in [1.82, 2.24) is 0 Å². The molecule has 3 heteroatoms. The fraction of sp³-hybridized carbons (Fsp3) is 0.0909. The number of allylic oxidation sites excluding steroid dienone is 1. The summed E-state index contributed by atoms with van der Waals surface area (Å²) < 4.78 is 5.64. The van der Waals surface area contributed by atoms with Gasteiger partial charge in [0, 0.05) is 0 Å². The first-order chi connectivity index (χ1) is 12.3. The van der Waals surface area contributed by atoms with E-state index in [0.29, 0.717) is 29.9 Å². The van der Waals surface area contributed by atoms with Crippen LogP contribution >= 0.6 is 15.9 Å². The molecule has 0 aliphatic heterocycles. The van der Waals surface area contributed by atoms with Crippen molar-refractivity contribution in [2.24, 2.45) is 0 Å². The second-order valence-electron chi connectivity index (χ2n) is 5.49. The third kappa shape index (κ3) is 6.62. The van der Waals surface area contributed by atoms with Crippen LogP contribution in [0.3, 0.4) is 0 Å². The molecule has 0 fully saturated rings. The van der Waals surface area contributed by atoms with Crippen LogP contribution < -0.4 is 8.92 Å². The molecule has 0 aliphatic rings. The number of hydrogen-bond donors (Lipinski definition) is 0. The van der Waals surface area contributed by atoms with Gasteiger partial charge in [-0.2, -0.15) is 0 Å². The first kappa shape index (κ1) is 18.7. The predicted molar refractivity (Wildman–Crippen MR) is 115 cm³/mol. The van der Waals surface area contributed by atoms with Gasteiger partial charge in [-0.15, -0.1) is 0 Å². The van der Waals surface area contributed by atoms with Crippen LogP contribution in [0.2, 0.25) is 5.32 Å². The Labute approximate surface area is 171 Å². The molecule has 0 radical (unpaired) electrons. The number of rotatable bonds is 7. The summed E-state index contributed by atoms with van der Waals surface area (Å²) in [6.45, 7) is 0. The molecule has 0 atom stereocenters. The molecule has 25 heavy (non-hydrogen) atoms. The zero-order chi connectivity index (χ0) is 17.3. The summed E-state index contributed by atoms with van der Waals surface area (Å²) in [7, 11) is 0. The maximum atomic E-state index is 3.52. The predicted octanol–water partition coefficient (Wildman–Crippen LogP) is 4.66. The molecule has 0 unspecified atom stereocenters. The first-order valence-electron chi connectivity index (χ1n) is 8.16. The van der Waals surface area contributed by atoms with Gasteiger partial charge in [0.25, 0.3) is 0 Å². The van der Waals surface area contributed by atoms with Crippen LogP contribution in [0.5, 0.6) is 0 Å². The van der Waals surface area contributed by atoms with E-state index in [1.807, 2.05) is 0 Å². The third-order valence-corrected chi connectivity index (χ3v) is 8.50. The van der Waals surface area contributed by atoms with Crippen molar-refractivity contribution in [1.29, 1.82) is 0 Å². The second kappa shape index (κ2) is 10.2. The molecule has 0 nitrogen and oxygen atoms in total. The van der Waals surface area contributed by atoms with Gasteiger partial charge in [0.1, 0.15) is 0 Å². The van der Waals surface area contributed by atoms with Crippen molar-refractivity contribution in [2.75, 3.05) is 0 Å². The summed E-state index contributed by atoms with van der Waals surface area (Å²) >= 11 is 4.46. The second-order valence-corrected chi connectivity index (χ2v) is 11.4. The van der Waals surface area contributed by atoms with Crippen molar-refractivity contribution >= 4 is 60.8 Å². The van der Waals surface area contributed by atoms with E-state index < -0.39 is 0 Å². The minimum absolute atomic E-state index is 0.390. The van der Waals surface area contributed by atoms with Crippen LogP contribution in [0, 0.1) is 0 Å². The van der Waals surface area contributed by atoms with Crippen molar-refractivity contribution < 1.29 is 0 Å². The van der Waals surface area contributed by atoms with Crippen LogP contribution in [-0.4, -0.2) is 29.9 Å². The molecule has 0 aromatic heterocycles. The molecule has 0 bridgehead atoms. The minimum atomic E-state index is 0.390. The SMILES string of the molecule is Brc1ccc(/C=C(\CC[Se]c2ccccc2)[Se]c2ccccc2)cc1. The van der Waals surface area contributed by atoms with E-state index >= 15 is 0 Å². The molecule has 0 aliphatic carbocycles. The zero-order valence-electron chi connectivity index (χ0n) is 13.8. The monoisotopic (exact) mass is 522 g/mol. The van der Waals surface area contributed by atoms with E-state index in [-0.39, 0.29) is 0 Å². The Bertz CT molecular complexity index is 796. The summed E-state index contributed by atoms with van der Waals surface area (Å²) in [4.78, 5) is 0. The van der Waals surface area contributed by atoms with Crippen LogP contribution in [0.15, 0.2) is 93.9 Å². The van der Waals surface area contributed by atoms with Gasteiger partial charge in [-0.05, 0) is 0 Å². The summed E-state index contributed by atoms with van der Waals surface area (Å²) in [5, 5.41) is 1.26. The van der Waals surface area contributed by atoms with Gasteiger partial charge in [0.2, 0.25) is 0 Å². The first-order valence-corrected chi connectivity index (χ1v) is 12.7. The fourth-order valence-corrected chi connectivity index (χ4v) is 7.23. The maximum absolute atomic E-state index is 3.52. The summed E-state index contributed by atoms with van der Waals surface area (Å²) in [5.41, 5.74) is 1.29. The quantitative estimate of drug-likeness (QED) is 0.397. The molecular formula is C22H19BrSe2. The number of halogens is 1. The van der Waals surface area contributed by atoms with Crippen molar-refractivity contribution in [3.05, 3.63) is 99.4 Å². The van der Waals surface area contributed by atoms with Crippen molar-refractivity contribution in [3.8, 4) is 0 Å². The van der Waals surface area contributed by atoms with E-state index in [4.69, 9.17) is 0 Å². The van der Waals surface area contributed by atoms with E-state index in [1.165, 1.54) is 26.2 Å². The molecule has 3 aromatic rings. The molecule has 0 N–H and O–H groups in total. The van der Waals surface area contributed by atoms with Crippen LogP contribution in [-0.2, 0) is 0 Å². The molecule has 126 valence electrons. The molecule has 0 saturated heterocycles. The molecule has 0 spiro atoms. The van der Waals surface area contributed by atoms with Crippen molar-refractivity contribution in [2.45, 2.75) is 11.7 Å². The van der Waals surface area contributed by atoms with Gasteiger partial charge in [0.05, 0.1) is 0 Å². The topological polar surface area (TPSA) is 0 Å². The van der Waals surface area contributed by atoms with E-state index in [0.717, 1.165) is 4.47 Å². The Morgan fingerprint density at radius 2 is 1.36 bits per heavy atom. The molecule has 0 saturated carbocycles. The van der Waals surface area contributed by atoms with Gasteiger partial charge in [0.15, 0.2) is 0 Å². The summed E-state index contributed by atoms with van der Waals surface area (Å²) in [6, 6.07) is 30.4. The van der Waals surface area contributed by atoms with Crippen molar-refractivity contribution in [3.63, 3.8) is 0 Å². The average molecular weight is 521 g/mol. The van der Waals surface area contributed by atoms with Crippen LogP contribution in [0.1, 0.15) is 12.0 Å². The van der Waals surface area contributed by atoms with Gasteiger partial charge in [-0.25, -0.2) is 0 Å². The van der Waals surface area contributed by atoms with E-state index in [1.54, 1.807) is 4.47 Å². The normalized spacial score (nSPS) is 11.5. The summed E-state index contributed by atoms with van der Waals surface area (Å²) in [5.74, 6) is 0. The molecule has 0 amide bonds. The Kier molecular flexibility index (Phi) is 7.60. The van der Waals surface area contributed by atoms with Gasteiger partial charge < -0.3 is 0 Å². The Balaban J connectivity index is 1.70. The molecule has 3 aromatic carbocycles. The van der Waals surface area contributed by atoms with E-state index in [2.05, 4.69) is 107 Å². The standard InChI is InChI=1S/C22H19BrSe2/c23-19-13-11-18(12-14-19)17-22(25-21-9-5-2-6-10-21)15-16-24-20-7-3-1-4-8-20/h1-14,17H,15-16H2/b22-17+. The Morgan fingerprint density at radius 1 is 0.760 bits per heavy atom. The fourth-order valence-electron chi connectivity index (χ4n) is 2.32. The molecule has 0 heterocycles. The Morgan fingerprint density at radius 3 is 2.00 bits per heavy atom. The Hall–Kier alpha value is -1.08. The van der Waals surface area contributed by atoms with Gasteiger partial charge in [-0.1, -0.05) is 0 Å². The zero-order valence-corrected chi connectivity index (χ0v) is 18.8. The molecular weight excluding hydrogens is 502 g/mol.